The monoisotopic (exact) mass is 172 g/mol. The molecule has 1 amide bonds. The second-order valence-corrected chi connectivity index (χ2v) is 3.42. The van der Waals surface area contributed by atoms with Crippen molar-refractivity contribution in [2.75, 3.05) is 19.6 Å². The van der Waals surface area contributed by atoms with Gasteiger partial charge in [0.2, 0.25) is 0 Å². The van der Waals surface area contributed by atoms with Crippen molar-refractivity contribution in [1.82, 2.24) is 10.6 Å². The van der Waals surface area contributed by atoms with Gasteiger partial charge in [-0.2, -0.15) is 0 Å². The molecule has 1 saturated heterocycles. The average molecular weight is 172 g/mol. The minimum Gasteiger partial charge on any atom is -0.465 e. The Morgan fingerprint density at radius 1 is 1.75 bits per heavy atom. The maximum atomic E-state index is 10.2. The molecule has 12 heavy (non-hydrogen) atoms. The molecule has 0 aromatic rings. The van der Waals surface area contributed by atoms with Crippen molar-refractivity contribution in [3.8, 4) is 0 Å². The summed E-state index contributed by atoms with van der Waals surface area (Å²) in [5.74, 6) is 1.08. The maximum absolute atomic E-state index is 10.2. The first-order chi connectivity index (χ1) is 5.70. The van der Waals surface area contributed by atoms with Gasteiger partial charge in [0.25, 0.3) is 0 Å². The Bertz CT molecular complexity index is 161. The normalized spacial score (nSPS) is 29.8. The van der Waals surface area contributed by atoms with Gasteiger partial charge in [-0.05, 0) is 31.3 Å². The minimum absolute atomic E-state index is 0.502. The molecule has 0 aromatic carbocycles. The Morgan fingerprint density at radius 3 is 3.08 bits per heavy atom. The van der Waals surface area contributed by atoms with Crippen molar-refractivity contribution in [2.24, 2.45) is 11.8 Å². The second-order valence-electron chi connectivity index (χ2n) is 3.42. The topological polar surface area (TPSA) is 61.4 Å². The van der Waals surface area contributed by atoms with E-state index in [4.69, 9.17) is 5.11 Å². The van der Waals surface area contributed by atoms with Crippen LogP contribution in [0.2, 0.25) is 0 Å². The van der Waals surface area contributed by atoms with E-state index < -0.39 is 6.09 Å². The van der Waals surface area contributed by atoms with Gasteiger partial charge in [-0.15, -0.1) is 0 Å². The first-order valence-electron chi connectivity index (χ1n) is 4.37. The fourth-order valence-electron chi connectivity index (χ4n) is 1.59. The highest BCUT2D eigenvalue weighted by Crippen LogP contribution is 2.17. The molecule has 1 rings (SSSR count). The number of carbonyl (C=O) groups is 1. The highest BCUT2D eigenvalue weighted by Gasteiger charge is 2.20. The van der Waals surface area contributed by atoms with Gasteiger partial charge in [0.1, 0.15) is 0 Å². The van der Waals surface area contributed by atoms with Crippen LogP contribution in [0.3, 0.4) is 0 Å². The summed E-state index contributed by atoms with van der Waals surface area (Å²) in [4.78, 5) is 10.2. The molecule has 1 aliphatic heterocycles. The lowest BCUT2D eigenvalue weighted by molar-refractivity contribution is 0.186. The number of hydrogen-bond acceptors (Lipinski definition) is 2. The first-order valence-corrected chi connectivity index (χ1v) is 4.37. The van der Waals surface area contributed by atoms with Crippen molar-refractivity contribution in [1.29, 1.82) is 0 Å². The van der Waals surface area contributed by atoms with Gasteiger partial charge in [0, 0.05) is 6.54 Å². The van der Waals surface area contributed by atoms with Gasteiger partial charge >= 0.3 is 6.09 Å². The highest BCUT2D eigenvalue weighted by molar-refractivity contribution is 5.64. The van der Waals surface area contributed by atoms with Crippen LogP contribution in [0, 0.1) is 11.8 Å². The van der Waals surface area contributed by atoms with Crippen LogP contribution in [0.1, 0.15) is 13.3 Å². The molecule has 0 aromatic heterocycles. The van der Waals surface area contributed by atoms with Crippen molar-refractivity contribution in [3.05, 3.63) is 0 Å². The fourth-order valence-corrected chi connectivity index (χ4v) is 1.59. The van der Waals surface area contributed by atoms with Crippen LogP contribution in [0.4, 0.5) is 4.79 Å². The average Bonchev–Trinajstić information content (AvgIpc) is 2.03. The third-order valence-electron chi connectivity index (χ3n) is 2.48. The maximum Gasteiger partial charge on any atom is 0.404 e. The van der Waals surface area contributed by atoms with Crippen molar-refractivity contribution in [3.63, 3.8) is 0 Å². The molecule has 3 N–H and O–H groups in total. The summed E-state index contributed by atoms with van der Waals surface area (Å²) < 4.78 is 0. The van der Waals surface area contributed by atoms with Crippen molar-refractivity contribution >= 4 is 6.09 Å². The Balaban J connectivity index is 2.24. The largest absolute Gasteiger partial charge is 0.465 e. The predicted molar refractivity (Wildman–Crippen MR) is 46.2 cm³/mol. The highest BCUT2D eigenvalue weighted by atomic mass is 16.4. The van der Waals surface area contributed by atoms with Gasteiger partial charge in [-0.25, -0.2) is 4.79 Å². The number of piperidine rings is 1. The molecule has 70 valence electrons. The van der Waals surface area contributed by atoms with Gasteiger partial charge < -0.3 is 15.7 Å². The molecule has 1 fully saturated rings. The van der Waals surface area contributed by atoms with E-state index >= 15 is 0 Å². The lowest BCUT2D eigenvalue weighted by atomic mass is 9.88. The zero-order chi connectivity index (χ0) is 8.97. The van der Waals surface area contributed by atoms with Crippen LogP contribution in [-0.2, 0) is 0 Å². The molecular weight excluding hydrogens is 156 g/mol. The van der Waals surface area contributed by atoms with E-state index in [0.29, 0.717) is 18.4 Å². The molecule has 0 radical (unpaired) electrons. The van der Waals surface area contributed by atoms with E-state index in [1.54, 1.807) is 0 Å². The zero-order valence-electron chi connectivity index (χ0n) is 7.34. The SMILES string of the molecule is CC1CNCCC1CNC(=O)O. The quantitative estimate of drug-likeness (QED) is 0.568. The van der Waals surface area contributed by atoms with E-state index in [1.807, 2.05) is 0 Å². The summed E-state index contributed by atoms with van der Waals surface area (Å²) in [6.07, 6.45) is 0.155. The van der Waals surface area contributed by atoms with Gasteiger partial charge in [-0.3, -0.25) is 0 Å². The van der Waals surface area contributed by atoms with E-state index in [-0.39, 0.29) is 0 Å². The fraction of sp³-hybridized carbons (Fsp3) is 0.875. The zero-order valence-corrected chi connectivity index (χ0v) is 7.34. The summed E-state index contributed by atoms with van der Waals surface area (Å²) in [5.41, 5.74) is 0. The molecule has 4 nitrogen and oxygen atoms in total. The Labute approximate surface area is 72.3 Å². The molecule has 2 unspecified atom stereocenters. The Kier molecular flexibility index (Phi) is 3.34. The Hall–Kier alpha value is -0.770. The van der Waals surface area contributed by atoms with Gasteiger partial charge in [0.15, 0.2) is 0 Å². The van der Waals surface area contributed by atoms with E-state index in [0.717, 1.165) is 19.5 Å². The molecule has 0 spiro atoms. The lowest BCUT2D eigenvalue weighted by Crippen LogP contribution is -2.40. The van der Waals surface area contributed by atoms with Gasteiger partial charge in [0.05, 0.1) is 0 Å². The minimum atomic E-state index is -0.916. The number of amides is 1. The molecule has 2 atom stereocenters. The first kappa shape index (κ1) is 9.32. The van der Waals surface area contributed by atoms with Crippen LogP contribution in [-0.4, -0.2) is 30.8 Å². The number of hydrogen-bond donors (Lipinski definition) is 3. The Morgan fingerprint density at radius 2 is 2.50 bits per heavy atom. The summed E-state index contributed by atoms with van der Waals surface area (Å²) in [6.45, 7) is 4.76. The van der Waals surface area contributed by atoms with Crippen LogP contribution >= 0.6 is 0 Å². The van der Waals surface area contributed by atoms with Crippen LogP contribution in [0.25, 0.3) is 0 Å². The predicted octanol–water partition coefficient (Wildman–Crippen LogP) is 0.500. The van der Waals surface area contributed by atoms with Crippen LogP contribution in [0.15, 0.2) is 0 Å². The lowest BCUT2D eigenvalue weighted by Gasteiger charge is -2.29. The number of nitrogens with one attached hydrogen (secondary N) is 2. The standard InChI is InChI=1S/C8H16N2O2/c1-6-4-9-3-2-7(6)5-10-8(11)12/h6-7,9-10H,2-5H2,1H3,(H,11,12). The third kappa shape index (κ3) is 2.70. The molecule has 0 aliphatic carbocycles. The summed E-state index contributed by atoms with van der Waals surface area (Å²) >= 11 is 0. The second kappa shape index (κ2) is 4.30. The number of rotatable bonds is 2. The number of carboxylic acid groups (broad SMARTS) is 1. The van der Waals surface area contributed by atoms with E-state index in [2.05, 4.69) is 17.6 Å². The van der Waals surface area contributed by atoms with E-state index in [9.17, 15) is 4.79 Å². The smallest absolute Gasteiger partial charge is 0.404 e. The molecule has 1 heterocycles. The molecular formula is C8H16N2O2. The molecule has 0 saturated carbocycles. The summed E-state index contributed by atoms with van der Waals surface area (Å²) in [6, 6.07) is 0. The van der Waals surface area contributed by atoms with Crippen LogP contribution < -0.4 is 10.6 Å². The van der Waals surface area contributed by atoms with E-state index in [1.165, 1.54) is 0 Å². The van der Waals surface area contributed by atoms with Gasteiger partial charge in [-0.1, -0.05) is 6.92 Å². The summed E-state index contributed by atoms with van der Waals surface area (Å²) in [7, 11) is 0. The third-order valence-corrected chi connectivity index (χ3v) is 2.48. The summed E-state index contributed by atoms with van der Waals surface area (Å²) in [5, 5.41) is 14.1. The van der Waals surface area contributed by atoms with Crippen molar-refractivity contribution < 1.29 is 9.90 Å². The van der Waals surface area contributed by atoms with Crippen molar-refractivity contribution in [2.45, 2.75) is 13.3 Å². The molecule has 0 bridgehead atoms. The molecule has 1 aliphatic rings. The van der Waals surface area contributed by atoms with Crippen LogP contribution in [0.5, 0.6) is 0 Å². The molecule has 4 heteroatoms.